The van der Waals surface area contributed by atoms with Crippen LogP contribution in [-0.2, 0) is 0 Å². The summed E-state index contributed by atoms with van der Waals surface area (Å²) in [5.41, 5.74) is 18.7. The SMILES string of the molecule is CCCCCCCCCCCC(=O)c1ccc(O)c(N)c1.CCCCCCCCCCCCCCCCCC(=O)c1ccc(O)c(N)c1.Nc1ccccc1O. The number of phenolic OH excluding ortho intramolecular Hbond substituents is 3. The Balaban J connectivity index is 0.000000475. The van der Waals surface area contributed by atoms with E-state index in [0.29, 0.717) is 29.7 Å². The Morgan fingerprint density at radius 3 is 0.946 bits per heavy atom. The third-order valence-corrected chi connectivity index (χ3v) is 10.2. The first-order chi connectivity index (χ1) is 27.1. The number of anilines is 3. The Morgan fingerprint density at radius 2 is 0.679 bits per heavy atom. The Hall–Kier alpha value is -4.20. The fraction of sp³-hybridized carbons (Fsp3) is 0.583. The largest absolute Gasteiger partial charge is 0.506 e. The third-order valence-electron chi connectivity index (χ3n) is 10.2. The lowest BCUT2D eigenvalue weighted by molar-refractivity contribution is 0.0971. The minimum atomic E-state index is 0.0367. The minimum absolute atomic E-state index is 0.0367. The summed E-state index contributed by atoms with van der Waals surface area (Å²) in [5.74, 6) is 0.460. The molecule has 314 valence electrons. The highest BCUT2D eigenvalue weighted by atomic mass is 16.3. The molecule has 3 aromatic rings. The number of Topliss-reactive ketones (excluding diaryl/α,β-unsaturated/α-hetero) is 2. The van der Waals surface area contributed by atoms with Crippen molar-refractivity contribution in [1.29, 1.82) is 0 Å². The van der Waals surface area contributed by atoms with E-state index in [9.17, 15) is 19.8 Å². The predicted octanol–water partition coefficient (Wildman–Crippen LogP) is 13.5. The normalized spacial score (nSPS) is 10.6. The van der Waals surface area contributed by atoms with Gasteiger partial charge in [-0.15, -0.1) is 0 Å². The number of carbonyl (C=O) groups is 2. The number of aromatic hydroxyl groups is 3. The molecule has 0 aliphatic rings. The van der Waals surface area contributed by atoms with Gasteiger partial charge >= 0.3 is 0 Å². The van der Waals surface area contributed by atoms with E-state index in [1.54, 1.807) is 48.5 Å². The van der Waals surface area contributed by atoms with Crippen molar-refractivity contribution in [1.82, 2.24) is 0 Å². The highest BCUT2D eigenvalue weighted by molar-refractivity contribution is 5.97. The molecule has 0 atom stereocenters. The van der Waals surface area contributed by atoms with Gasteiger partial charge in [0.15, 0.2) is 11.6 Å². The van der Waals surface area contributed by atoms with Crippen LogP contribution >= 0.6 is 0 Å². The topological polar surface area (TPSA) is 173 Å². The molecular weight excluding hydrogens is 699 g/mol. The third kappa shape index (κ3) is 25.1. The van der Waals surface area contributed by atoms with Crippen LogP contribution in [0.4, 0.5) is 17.1 Å². The lowest BCUT2D eigenvalue weighted by Gasteiger charge is -2.05. The van der Waals surface area contributed by atoms with Crippen molar-refractivity contribution in [2.75, 3.05) is 17.2 Å². The number of benzene rings is 3. The van der Waals surface area contributed by atoms with Crippen molar-refractivity contribution in [3.8, 4) is 17.2 Å². The molecule has 0 radical (unpaired) electrons. The molecular formula is C48H77N3O5. The maximum Gasteiger partial charge on any atom is 0.162 e. The lowest BCUT2D eigenvalue weighted by atomic mass is 10.0. The van der Waals surface area contributed by atoms with Crippen LogP contribution in [-0.4, -0.2) is 26.9 Å². The smallest absolute Gasteiger partial charge is 0.162 e. The molecule has 0 aromatic heterocycles. The first-order valence-corrected chi connectivity index (χ1v) is 21.9. The maximum absolute atomic E-state index is 12.1. The zero-order valence-electron chi connectivity index (χ0n) is 35.0. The quantitative estimate of drug-likeness (QED) is 0.0183. The predicted molar refractivity (Wildman–Crippen MR) is 238 cm³/mol. The van der Waals surface area contributed by atoms with E-state index in [1.165, 1.54) is 141 Å². The number of rotatable bonds is 28. The van der Waals surface area contributed by atoms with E-state index in [4.69, 9.17) is 22.3 Å². The first kappa shape index (κ1) is 49.8. The molecule has 8 heteroatoms. The van der Waals surface area contributed by atoms with Gasteiger partial charge in [0.05, 0.1) is 17.1 Å². The number of hydrogen-bond donors (Lipinski definition) is 6. The molecule has 9 N–H and O–H groups in total. The number of nitrogen functional groups attached to an aromatic ring is 3. The Bertz CT molecular complexity index is 1440. The summed E-state index contributed by atoms with van der Waals surface area (Å²) in [4.78, 5) is 24.1. The standard InChI is InChI=1S/C24H41NO2.C18H29NO2.C6H7NO/c1-2-3-4-5-6-7-8-9-10-11-12-13-14-15-16-17-23(26)21-18-19-24(27)22(25)20-21;1-2-3-4-5-6-7-8-9-10-11-17(20)15-12-13-18(21)16(19)14-15;7-5-3-1-2-4-6(5)8/h18-20,27H,2-17,25H2,1H3;12-14,21H,2-11,19H2,1H3;1-4,8H,7H2. The van der Waals surface area contributed by atoms with Gasteiger partial charge in [-0.2, -0.15) is 0 Å². The second-order valence-corrected chi connectivity index (χ2v) is 15.2. The summed E-state index contributed by atoms with van der Waals surface area (Å²) in [6, 6.07) is 16.1. The lowest BCUT2D eigenvalue weighted by Crippen LogP contribution is -2.00. The molecule has 0 bridgehead atoms. The Kier molecular flexibility index (Phi) is 29.3. The van der Waals surface area contributed by atoms with Crippen LogP contribution in [0.1, 0.15) is 202 Å². The molecule has 0 amide bonds. The van der Waals surface area contributed by atoms with Gasteiger partial charge in [0, 0.05) is 24.0 Å². The van der Waals surface area contributed by atoms with Crippen molar-refractivity contribution in [3.05, 3.63) is 71.8 Å². The van der Waals surface area contributed by atoms with Crippen LogP contribution in [0.5, 0.6) is 17.2 Å². The van der Waals surface area contributed by atoms with Crippen molar-refractivity contribution < 1.29 is 24.9 Å². The van der Waals surface area contributed by atoms with Crippen LogP contribution in [0.3, 0.4) is 0 Å². The number of hydrogen-bond acceptors (Lipinski definition) is 8. The molecule has 0 unspecified atom stereocenters. The fourth-order valence-corrected chi connectivity index (χ4v) is 6.49. The van der Waals surface area contributed by atoms with Crippen LogP contribution < -0.4 is 17.2 Å². The highest BCUT2D eigenvalue weighted by Crippen LogP contribution is 2.23. The first-order valence-electron chi connectivity index (χ1n) is 21.9. The molecule has 8 nitrogen and oxygen atoms in total. The Labute approximate surface area is 339 Å². The van der Waals surface area contributed by atoms with Crippen LogP contribution in [0.2, 0.25) is 0 Å². The monoisotopic (exact) mass is 776 g/mol. The molecule has 0 saturated carbocycles. The van der Waals surface area contributed by atoms with Crippen LogP contribution in [0, 0.1) is 0 Å². The summed E-state index contributed by atoms with van der Waals surface area (Å²) >= 11 is 0. The molecule has 0 aliphatic heterocycles. The molecule has 0 fully saturated rings. The van der Waals surface area contributed by atoms with E-state index >= 15 is 0 Å². The van der Waals surface area contributed by atoms with Crippen LogP contribution in [0.25, 0.3) is 0 Å². The number of carbonyl (C=O) groups excluding carboxylic acids is 2. The number of para-hydroxylation sites is 2. The maximum atomic E-state index is 12.1. The number of phenols is 3. The van der Waals surface area contributed by atoms with Crippen LogP contribution in [0.15, 0.2) is 60.7 Å². The average molecular weight is 776 g/mol. The molecule has 0 spiro atoms. The van der Waals surface area contributed by atoms with Crippen molar-refractivity contribution in [3.63, 3.8) is 0 Å². The van der Waals surface area contributed by atoms with Crippen molar-refractivity contribution >= 4 is 28.6 Å². The summed E-state index contributed by atoms with van der Waals surface area (Å²) in [7, 11) is 0. The zero-order chi connectivity index (χ0) is 41.2. The number of ketones is 2. The van der Waals surface area contributed by atoms with Crippen molar-refractivity contribution in [2.24, 2.45) is 0 Å². The van der Waals surface area contributed by atoms with Gasteiger partial charge in [0.25, 0.3) is 0 Å². The second kappa shape index (κ2) is 33.0. The summed E-state index contributed by atoms with van der Waals surface area (Å²) in [6.45, 7) is 4.51. The Morgan fingerprint density at radius 1 is 0.393 bits per heavy atom. The zero-order valence-corrected chi connectivity index (χ0v) is 35.0. The van der Waals surface area contributed by atoms with Crippen molar-refractivity contribution in [2.45, 2.75) is 181 Å². The second-order valence-electron chi connectivity index (χ2n) is 15.2. The van der Waals surface area contributed by atoms with E-state index in [-0.39, 0.29) is 40.2 Å². The van der Waals surface area contributed by atoms with E-state index in [1.807, 2.05) is 0 Å². The number of unbranched alkanes of at least 4 members (excludes halogenated alkanes) is 22. The molecule has 3 aromatic carbocycles. The molecule has 56 heavy (non-hydrogen) atoms. The van der Waals surface area contributed by atoms with Gasteiger partial charge in [0.2, 0.25) is 0 Å². The highest BCUT2D eigenvalue weighted by Gasteiger charge is 2.09. The average Bonchev–Trinajstić information content (AvgIpc) is 3.19. The van der Waals surface area contributed by atoms with E-state index in [2.05, 4.69) is 13.8 Å². The van der Waals surface area contributed by atoms with Gasteiger partial charge in [0.1, 0.15) is 17.2 Å². The summed E-state index contributed by atoms with van der Waals surface area (Å²) < 4.78 is 0. The molecule has 0 aliphatic carbocycles. The summed E-state index contributed by atoms with van der Waals surface area (Å²) in [6.07, 6.45) is 32.3. The number of nitrogens with two attached hydrogens (primary N) is 3. The van der Waals surface area contributed by atoms with E-state index < -0.39 is 0 Å². The van der Waals surface area contributed by atoms with Gasteiger partial charge in [-0.05, 0) is 61.4 Å². The van der Waals surface area contributed by atoms with E-state index in [0.717, 1.165) is 25.7 Å². The molecule has 3 rings (SSSR count). The van der Waals surface area contributed by atoms with Gasteiger partial charge < -0.3 is 32.5 Å². The fourth-order valence-electron chi connectivity index (χ4n) is 6.49. The van der Waals surface area contributed by atoms with Gasteiger partial charge in [-0.3, -0.25) is 9.59 Å². The molecule has 0 heterocycles. The van der Waals surface area contributed by atoms with Gasteiger partial charge in [-0.1, -0.05) is 167 Å². The molecule has 0 saturated heterocycles. The van der Waals surface area contributed by atoms with Gasteiger partial charge in [-0.25, -0.2) is 0 Å². The summed E-state index contributed by atoms with van der Waals surface area (Å²) in [5, 5.41) is 27.5. The minimum Gasteiger partial charge on any atom is -0.506 e.